The van der Waals surface area contributed by atoms with E-state index in [2.05, 4.69) is 10.3 Å². The molecule has 0 aliphatic heterocycles. The lowest BCUT2D eigenvalue weighted by Gasteiger charge is -2.10. The first-order chi connectivity index (χ1) is 10.1. The smallest absolute Gasteiger partial charge is 0.256 e. The first-order valence-corrected chi connectivity index (χ1v) is 7.34. The van der Waals surface area contributed by atoms with Crippen LogP contribution in [0.2, 0.25) is 10.0 Å². The third-order valence-electron chi connectivity index (χ3n) is 2.78. The van der Waals surface area contributed by atoms with E-state index >= 15 is 0 Å². The van der Waals surface area contributed by atoms with E-state index in [4.69, 9.17) is 27.9 Å². The zero-order chi connectivity index (χ0) is 15.2. The van der Waals surface area contributed by atoms with Crippen LogP contribution in [-0.4, -0.2) is 11.5 Å². The highest BCUT2D eigenvalue weighted by Gasteiger charge is 2.13. The van der Waals surface area contributed by atoms with Gasteiger partial charge in [-0.1, -0.05) is 30.1 Å². The Bertz CT molecular complexity index is 623. The highest BCUT2D eigenvalue weighted by atomic mass is 35.5. The minimum atomic E-state index is -0.503. The van der Waals surface area contributed by atoms with Gasteiger partial charge in [0.25, 0.3) is 5.88 Å². The third-order valence-corrected chi connectivity index (χ3v) is 3.33. The summed E-state index contributed by atoms with van der Waals surface area (Å²) >= 11 is 11.9. The maximum Gasteiger partial charge on any atom is 0.256 e. The Balaban J connectivity index is 2.20. The van der Waals surface area contributed by atoms with Crippen LogP contribution in [0, 0.1) is 5.82 Å². The van der Waals surface area contributed by atoms with Crippen LogP contribution in [0.3, 0.4) is 0 Å². The second-order valence-electron chi connectivity index (χ2n) is 4.44. The number of halogens is 3. The molecule has 112 valence electrons. The van der Waals surface area contributed by atoms with Gasteiger partial charge in [-0.2, -0.15) is 0 Å². The summed E-state index contributed by atoms with van der Waals surface area (Å²) in [6.07, 6.45) is 2.48. The van der Waals surface area contributed by atoms with Crippen LogP contribution in [0.5, 0.6) is 11.6 Å². The van der Waals surface area contributed by atoms with Crippen molar-refractivity contribution in [2.45, 2.75) is 19.9 Å². The average Bonchev–Trinajstić information content (AvgIpc) is 2.47. The third kappa shape index (κ3) is 4.30. The summed E-state index contributed by atoms with van der Waals surface area (Å²) < 4.78 is 19.8. The SMILES string of the molecule is CCCNCc1ccnc(Oc2cc(Cl)ccc2Cl)c1F. The van der Waals surface area contributed by atoms with E-state index in [1.54, 1.807) is 18.2 Å². The van der Waals surface area contributed by atoms with Crippen molar-refractivity contribution < 1.29 is 9.13 Å². The minimum absolute atomic E-state index is 0.116. The lowest BCUT2D eigenvalue weighted by molar-refractivity contribution is 0.417. The lowest BCUT2D eigenvalue weighted by atomic mass is 10.2. The molecule has 0 spiro atoms. The number of hydrogen-bond acceptors (Lipinski definition) is 3. The highest BCUT2D eigenvalue weighted by molar-refractivity contribution is 6.34. The van der Waals surface area contributed by atoms with Gasteiger partial charge in [-0.25, -0.2) is 9.37 Å². The van der Waals surface area contributed by atoms with Crippen LogP contribution in [0.4, 0.5) is 4.39 Å². The number of ether oxygens (including phenoxy) is 1. The maximum atomic E-state index is 14.3. The second-order valence-corrected chi connectivity index (χ2v) is 5.29. The fraction of sp³-hybridized carbons (Fsp3) is 0.267. The Labute approximate surface area is 133 Å². The largest absolute Gasteiger partial charge is 0.435 e. The number of benzene rings is 1. The molecule has 21 heavy (non-hydrogen) atoms. The van der Waals surface area contributed by atoms with Gasteiger partial charge in [0, 0.05) is 29.4 Å². The van der Waals surface area contributed by atoms with Gasteiger partial charge in [-0.3, -0.25) is 0 Å². The van der Waals surface area contributed by atoms with E-state index in [-0.39, 0.29) is 11.6 Å². The molecule has 0 bridgehead atoms. The van der Waals surface area contributed by atoms with Crippen molar-refractivity contribution in [1.29, 1.82) is 0 Å². The molecule has 1 heterocycles. The molecule has 3 nitrogen and oxygen atoms in total. The summed E-state index contributed by atoms with van der Waals surface area (Å²) in [6, 6.07) is 6.35. The normalized spacial score (nSPS) is 10.7. The van der Waals surface area contributed by atoms with E-state index in [1.807, 2.05) is 6.92 Å². The fourth-order valence-electron chi connectivity index (χ4n) is 1.73. The first kappa shape index (κ1) is 16.0. The van der Waals surface area contributed by atoms with Crippen molar-refractivity contribution in [1.82, 2.24) is 10.3 Å². The van der Waals surface area contributed by atoms with Gasteiger partial charge in [0.15, 0.2) is 5.82 Å². The Hall–Kier alpha value is -1.36. The number of pyridine rings is 1. The first-order valence-electron chi connectivity index (χ1n) is 6.58. The van der Waals surface area contributed by atoms with Crippen molar-refractivity contribution in [2.75, 3.05) is 6.54 Å². The van der Waals surface area contributed by atoms with Crippen LogP contribution >= 0.6 is 23.2 Å². The van der Waals surface area contributed by atoms with Gasteiger partial charge in [0.05, 0.1) is 5.02 Å². The molecule has 0 saturated heterocycles. The molecule has 0 radical (unpaired) electrons. The van der Waals surface area contributed by atoms with Crippen LogP contribution in [0.15, 0.2) is 30.5 Å². The predicted octanol–water partition coefficient (Wildman–Crippen LogP) is 4.82. The Kier molecular flexibility index (Phi) is 5.79. The highest BCUT2D eigenvalue weighted by Crippen LogP contribution is 2.32. The zero-order valence-corrected chi connectivity index (χ0v) is 13.0. The second kappa shape index (κ2) is 7.59. The number of hydrogen-bond donors (Lipinski definition) is 1. The lowest BCUT2D eigenvalue weighted by Crippen LogP contribution is -2.15. The summed E-state index contributed by atoms with van der Waals surface area (Å²) in [5, 5.41) is 3.93. The Morgan fingerprint density at radius 1 is 1.29 bits per heavy atom. The van der Waals surface area contributed by atoms with Crippen LogP contribution in [-0.2, 0) is 6.54 Å². The molecule has 6 heteroatoms. The number of aromatic nitrogens is 1. The number of rotatable bonds is 6. The molecule has 0 saturated carbocycles. The van der Waals surface area contributed by atoms with Gasteiger partial charge in [0.1, 0.15) is 5.75 Å². The van der Waals surface area contributed by atoms with E-state index < -0.39 is 5.82 Å². The summed E-state index contributed by atoms with van der Waals surface area (Å²) in [5.74, 6) is -0.346. The Morgan fingerprint density at radius 2 is 2.10 bits per heavy atom. The molecule has 1 aromatic heterocycles. The monoisotopic (exact) mass is 328 g/mol. The van der Waals surface area contributed by atoms with Gasteiger partial charge >= 0.3 is 0 Å². The van der Waals surface area contributed by atoms with Crippen molar-refractivity contribution >= 4 is 23.2 Å². The average molecular weight is 329 g/mol. The van der Waals surface area contributed by atoms with E-state index in [0.717, 1.165) is 13.0 Å². The molecule has 2 rings (SSSR count). The van der Waals surface area contributed by atoms with Crippen molar-refractivity contribution in [3.8, 4) is 11.6 Å². The van der Waals surface area contributed by atoms with E-state index in [1.165, 1.54) is 12.3 Å². The van der Waals surface area contributed by atoms with Gasteiger partial charge in [0.2, 0.25) is 0 Å². The van der Waals surface area contributed by atoms with Crippen molar-refractivity contribution in [2.24, 2.45) is 0 Å². The van der Waals surface area contributed by atoms with Gasteiger partial charge in [-0.15, -0.1) is 0 Å². The maximum absolute atomic E-state index is 14.3. The van der Waals surface area contributed by atoms with E-state index in [0.29, 0.717) is 22.2 Å². The predicted molar refractivity (Wildman–Crippen MR) is 82.7 cm³/mol. The summed E-state index contributed by atoms with van der Waals surface area (Å²) in [4.78, 5) is 3.91. The van der Waals surface area contributed by atoms with Crippen LogP contribution in [0.1, 0.15) is 18.9 Å². The van der Waals surface area contributed by atoms with Gasteiger partial charge in [-0.05, 0) is 31.2 Å². The molecule has 2 aromatic rings. The molecule has 1 aromatic carbocycles. The van der Waals surface area contributed by atoms with Crippen molar-refractivity contribution in [3.05, 3.63) is 51.9 Å². The quantitative estimate of drug-likeness (QED) is 0.772. The number of nitrogens with one attached hydrogen (secondary N) is 1. The summed E-state index contributed by atoms with van der Waals surface area (Å²) in [7, 11) is 0. The van der Waals surface area contributed by atoms with Crippen LogP contribution in [0.25, 0.3) is 0 Å². The number of nitrogens with zero attached hydrogens (tertiary/aromatic N) is 1. The molecular formula is C15H15Cl2FN2O. The molecule has 0 atom stereocenters. The minimum Gasteiger partial charge on any atom is -0.435 e. The topological polar surface area (TPSA) is 34.2 Å². The summed E-state index contributed by atoms with van der Waals surface area (Å²) in [6.45, 7) is 3.28. The standard InChI is InChI=1S/C15H15Cl2FN2O/c1-2-6-19-9-10-5-7-20-15(14(10)18)21-13-8-11(16)3-4-12(13)17/h3-5,7-8,19H,2,6,9H2,1H3. The Morgan fingerprint density at radius 3 is 2.86 bits per heavy atom. The van der Waals surface area contributed by atoms with Crippen molar-refractivity contribution in [3.63, 3.8) is 0 Å². The molecule has 0 fully saturated rings. The molecule has 0 amide bonds. The van der Waals surface area contributed by atoms with Crippen LogP contribution < -0.4 is 10.1 Å². The molecule has 0 aliphatic rings. The molecular weight excluding hydrogens is 314 g/mol. The van der Waals surface area contributed by atoms with Gasteiger partial charge < -0.3 is 10.1 Å². The van der Waals surface area contributed by atoms with E-state index in [9.17, 15) is 4.39 Å². The molecule has 0 aliphatic carbocycles. The summed E-state index contributed by atoms with van der Waals surface area (Å²) in [5.41, 5.74) is 0.492. The molecule has 0 unspecified atom stereocenters. The fourth-order valence-corrected chi connectivity index (χ4v) is 2.05. The zero-order valence-electron chi connectivity index (χ0n) is 11.5. The molecule has 1 N–H and O–H groups in total.